The lowest BCUT2D eigenvalue weighted by Crippen LogP contribution is -2.36. The lowest BCUT2D eigenvalue weighted by Gasteiger charge is -2.31. The van der Waals surface area contributed by atoms with Crippen molar-refractivity contribution in [3.8, 4) is 5.75 Å². The van der Waals surface area contributed by atoms with Crippen LogP contribution in [0.25, 0.3) is 0 Å². The molecule has 0 heterocycles. The van der Waals surface area contributed by atoms with Crippen molar-refractivity contribution < 1.29 is 19.8 Å². The molecule has 21 heavy (non-hydrogen) atoms. The summed E-state index contributed by atoms with van der Waals surface area (Å²) in [5.41, 5.74) is -0.213. The van der Waals surface area contributed by atoms with E-state index >= 15 is 0 Å². The van der Waals surface area contributed by atoms with E-state index in [4.69, 9.17) is 16.7 Å². The molecule has 3 atom stereocenters. The van der Waals surface area contributed by atoms with Gasteiger partial charge in [0.25, 0.3) is 0 Å². The number of carbonyl (C=O) groups excluding carboxylic acids is 1. The van der Waals surface area contributed by atoms with Crippen molar-refractivity contribution in [2.75, 3.05) is 5.32 Å². The van der Waals surface area contributed by atoms with Gasteiger partial charge in [0.05, 0.1) is 11.6 Å². The SMILES string of the molecule is CC1CCCC(C(=O)Nc2cccc(O)c2C(=O)O)C1Cl. The molecule has 1 aliphatic carbocycles. The lowest BCUT2D eigenvalue weighted by molar-refractivity contribution is -0.121. The van der Waals surface area contributed by atoms with Gasteiger partial charge in [-0.05, 0) is 30.9 Å². The summed E-state index contributed by atoms with van der Waals surface area (Å²) in [6.45, 7) is 2.01. The number of carboxylic acids is 1. The fourth-order valence-corrected chi connectivity index (χ4v) is 3.11. The van der Waals surface area contributed by atoms with Crippen LogP contribution in [-0.2, 0) is 4.79 Å². The summed E-state index contributed by atoms with van der Waals surface area (Å²) in [7, 11) is 0. The van der Waals surface area contributed by atoms with E-state index in [0.717, 1.165) is 12.8 Å². The molecule has 0 saturated heterocycles. The number of phenols is 1. The number of carbonyl (C=O) groups is 2. The largest absolute Gasteiger partial charge is 0.507 e. The van der Waals surface area contributed by atoms with Crippen molar-refractivity contribution in [2.45, 2.75) is 31.6 Å². The topological polar surface area (TPSA) is 86.6 Å². The molecule has 1 aliphatic rings. The second kappa shape index (κ2) is 6.35. The average molecular weight is 312 g/mol. The number of alkyl halides is 1. The van der Waals surface area contributed by atoms with Gasteiger partial charge in [-0.2, -0.15) is 0 Å². The van der Waals surface area contributed by atoms with Crippen LogP contribution < -0.4 is 5.32 Å². The van der Waals surface area contributed by atoms with Crippen LogP contribution in [0.5, 0.6) is 5.75 Å². The first-order valence-electron chi connectivity index (χ1n) is 6.92. The molecule has 5 nitrogen and oxygen atoms in total. The van der Waals surface area contributed by atoms with Gasteiger partial charge in [-0.25, -0.2) is 4.79 Å². The summed E-state index contributed by atoms with van der Waals surface area (Å²) in [6.07, 6.45) is 2.60. The Morgan fingerprint density at radius 3 is 2.71 bits per heavy atom. The van der Waals surface area contributed by atoms with Crippen LogP contribution in [0.3, 0.4) is 0 Å². The molecule has 3 unspecified atom stereocenters. The predicted molar refractivity (Wildman–Crippen MR) is 79.8 cm³/mol. The summed E-state index contributed by atoms with van der Waals surface area (Å²) < 4.78 is 0. The molecule has 1 saturated carbocycles. The first-order valence-corrected chi connectivity index (χ1v) is 7.35. The second-order valence-corrected chi connectivity index (χ2v) is 5.96. The first-order chi connectivity index (χ1) is 9.91. The molecule has 0 bridgehead atoms. The van der Waals surface area contributed by atoms with Crippen LogP contribution in [0.15, 0.2) is 18.2 Å². The Labute approximate surface area is 127 Å². The summed E-state index contributed by atoms with van der Waals surface area (Å²) in [5.74, 6) is -2.06. The normalized spacial score (nSPS) is 25.3. The zero-order valence-corrected chi connectivity index (χ0v) is 12.4. The maximum atomic E-state index is 12.3. The fourth-order valence-electron chi connectivity index (χ4n) is 2.74. The summed E-state index contributed by atoms with van der Waals surface area (Å²) in [4.78, 5) is 23.5. The molecule has 1 aromatic carbocycles. The quantitative estimate of drug-likeness (QED) is 0.749. The molecule has 0 aromatic heterocycles. The zero-order chi connectivity index (χ0) is 15.6. The number of anilines is 1. The minimum atomic E-state index is -1.29. The van der Waals surface area contributed by atoms with Crippen LogP contribution in [-0.4, -0.2) is 27.5 Å². The van der Waals surface area contributed by atoms with E-state index in [1.165, 1.54) is 18.2 Å². The van der Waals surface area contributed by atoms with Crippen LogP contribution in [0.4, 0.5) is 5.69 Å². The van der Waals surface area contributed by atoms with Crippen molar-refractivity contribution in [2.24, 2.45) is 11.8 Å². The van der Waals surface area contributed by atoms with Gasteiger partial charge in [0.1, 0.15) is 11.3 Å². The van der Waals surface area contributed by atoms with Crippen molar-refractivity contribution in [3.05, 3.63) is 23.8 Å². The van der Waals surface area contributed by atoms with E-state index in [-0.39, 0.29) is 40.1 Å². The van der Waals surface area contributed by atoms with E-state index in [2.05, 4.69) is 5.32 Å². The molecular weight excluding hydrogens is 294 g/mol. The number of nitrogens with one attached hydrogen (secondary N) is 1. The van der Waals surface area contributed by atoms with Crippen molar-refractivity contribution >= 4 is 29.2 Å². The summed E-state index contributed by atoms with van der Waals surface area (Å²) in [6, 6.07) is 4.21. The standard InChI is InChI=1S/C15H18ClNO4/c1-8-4-2-5-9(13(8)16)14(19)17-10-6-3-7-11(18)12(10)15(20)21/h3,6-9,13,18H,2,4-5H2,1H3,(H,17,19)(H,20,21). The van der Waals surface area contributed by atoms with E-state index in [1.807, 2.05) is 6.92 Å². The number of carboxylic acid groups (broad SMARTS) is 1. The highest BCUT2D eigenvalue weighted by molar-refractivity contribution is 6.23. The van der Waals surface area contributed by atoms with Crippen LogP contribution in [0.2, 0.25) is 0 Å². The Balaban J connectivity index is 2.20. The highest BCUT2D eigenvalue weighted by Crippen LogP contribution is 2.34. The van der Waals surface area contributed by atoms with Gasteiger partial charge in [0, 0.05) is 5.38 Å². The third-order valence-corrected chi connectivity index (χ3v) is 4.69. The van der Waals surface area contributed by atoms with Crippen molar-refractivity contribution in [3.63, 3.8) is 0 Å². The highest BCUT2D eigenvalue weighted by atomic mass is 35.5. The summed E-state index contributed by atoms with van der Waals surface area (Å²) in [5, 5.41) is 21.1. The predicted octanol–water partition coefficient (Wildman–Crippen LogP) is 3.07. The third-order valence-electron chi connectivity index (χ3n) is 3.95. The van der Waals surface area contributed by atoms with Crippen molar-refractivity contribution in [1.82, 2.24) is 0 Å². The Morgan fingerprint density at radius 2 is 2.05 bits per heavy atom. The number of amides is 1. The van der Waals surface area contributed by atoms with Gasteiger partial charge in [0.15, 0.2) is 0 Å². The average Bonchev–Trinajstić information content (AvgIpc) is 2.41. The van der Waals surface area contributed by atoms with Gasteiger partial charge < -0.3 is 15.5 Å². The van der Waals surface area contributed by atoms with Crippen molar-refractivity contribution in [1.29, 1.82) is 0 Å². The molecule has 1 fully saturated rings. The van der Waals surface area contributed by atoms with E-state index in [1.54, 1.807) is 0 Å². The molecule has 114 valence electrons. The highest BCUT2D eigenvalue weighted by Gasteiger charge is 2.34. The van der Waals surface area contributed by atoms with Crippen LogP contribution in [0, 0.1) is 11.8 Å². The number of hydrogen-bond donors (Lipinski definition) is 3. The van der Waals surface area contributed by atoms with Gasteiger partial charge >= 0.3 is 5.97 Å². The van der Waals surface area contributed by atoms with E-state index in [0.29, 0.717) is 6.42 Å². The number of benzene rings is 1. The summed E-state index contributed by atoms with van der Waals surface area (Å²) >= 11 is 6.30. The molecule has 0 radical (unpaired) electrons. The van der Waals surface area contributed by atoms with Crippen LogP contribution >= 0.6 is 11.6 Å². The minimum Gasteiger partial charge on any atom is -0.507 e. The number of aromatic hydroxyl groups is 1. The van der Waals surface area contributed by atoms with E-state index < -0.39 is 5.97 Å². The van der Waals surface area contributed by atoms with Gasteiger partial charge in [-0.3, -0.25) is 4.79 Å². The molecule has 1 amide bonds. The van der Waals surface area contributed by atoms with E-state index in [9.17, 15) is 14.7 Å². The Bertz CT molecular complexity index is 561. The zero-order valence-electron chi connectivity index (χ0n) is 11.7. The second-order valence-electron chi connectivity index (χ2n) is 5.45. The maximum absolute atomic E-state index is 12.3. The third kappa shape index (κ3) is 3.29. The molecular formula is C15H18ClNO4. The Kier molecular flexibility index (Phi) is 4.73. The molecule has 0 spiro atoms. The number of halogens is 1. The molecule has 3 N–H and O–H groups in total. The maximum Gasteiger partial charge on any atom is 0.341 e. The molecule has 2 rings (SSSR count). The molecule has 6 heteroatoms. The first kappa shape index (κ1) is 15.6. The number of rotatable bonds is 3. The van der Waals surface area contributed by atoms with Crippen LogP contribution in [0.1, 0.15) is 36.5 Å². The Hall–Kier alpha value is -1.75. The number of hydrogen-bond acceptors (Lipinski definition) is 3. The number of aromatic carboxylic acids is 1. The van der Waals surface area contributed by atoms with Gasteiger partial charge in [-0.1, -0.05) is 19.4 Å². The lowest BCUT2D eigenvalue weighted by atomic mass is 9.81. The minimum absolute atomic E-state index is 0.0922. The molecule has 0 aliphatic heterocycles. The fraction of sp³-hybridized carbons (Fsp3) is 0.467. The Morgan fingerprint density at radius 1 is 1.33 bits per heavy atom. The monoisotopic (exact) mass is 311 g/mol. The van der Waals surface area contributed by atoms with Gasteiger partial charge in [0.2, 0.25) is 5.91 Å². The smallest absolute Gasteiger partial charge is 0.341 e. The van der Waals surface area contributed by atoms with Gasteiger partial charge in [-0.15, -0.1) is 11.6 Å². The molecule has 1 aromatic rings.